The van der Waals surface area contributed by atoms with Crippen LogP contribution in [0.5, 0.6) is 0 Å². The lowest BCUT2D eigenvalue weighted by Gasteiger charge is -2.31. The summed E-state index contributed by atoms with van der Waals surface area (Å²) in [7, 11) is 0. The lowest BCUT2D eigenvalue weighted by Crippen LogP contribution is -2.26. The predicted octanol–water partition coefficient (Wildman–Crippen LogP) is 5.69. The van der Waals surface area contributed by atoms with Crippen LogP contribution in [0, 0.1) is 5.82 Å². The Labute approximate surface area is 200 Å². The molecule has 2 aliphatic rings. The smallest absolute Gasteiger partial charge is 0.354 e. The Hall–Kier alpha value is -3.50. The normalized spacial score (nSPS) is 17.6. The molecular formula is C23H16ClFN4O4S. The second kappa shape index (κ2) is 7.78. The van der Waals surface area contributed by atoms with Crippen LogP contribution in [0.15, 0.2) is 56.4 Å². The molecule has 1 aliphatic carbocycles. The summed E-state index contributed by atoms with van der Waals surface area (Å²) >= 11 is 7.07. The third-order valence-corrected chi connectivity index (χ3v) is 7.14. The van der Waals surface area contributed by atoms with Gasteiger partial charge in [0.1, 0.15) is 17.3 Å². The van der Waals surface area contributed by atoms with Crippen LogP contribution in [-0.4, -0.2) is 31.8 Å². The number of hydrogen-bond donors (Lipinski definition) is 4. The second-order valence-corrected chi connectivity index (χ2v) is 9.51. The number of nitrogens with one attached hydrogen (secondary N) is 3. The Balaban J connectivity index is 1.38. The molecule has 0 spiro atoms. The largest absolute Gasteiger partial charge is 0.477 e. The number of ketones is 1. The first-order valence-corrected chi connectivity index (χ1v) is 11.7. The molecule has 0 bridgehead atoms. The topological polar surface area (TPSA) is 124 Å². The number of aromatic carboxylic acids is 1. The minimum absolute atomic E-state index is 0.00292. The third-order valence-electron chi connectivity index (χ3n) is 6.04. The van der Waals surface area contributed by atoms with Gasteiger partial charge in [0.15, 0.2) is 16.0 Å². The molecule has 0 radical (unpaired) electrons. The molecular weight excluding hydrogens is 483 g/mol. The molecule has 4 heterocycles. The minimum atomic E-state index is -1.09. The number of fused-ring (bicyclic) bond motifs is 2. The van der Waals surface area contributed by atoms with Crippen LogP contribution in [0.1, 0.15) is 47.0 Å². The highest BCUT2D eigenvalue weighted by Gasteiger charge is 2.39. The molecule has 1 atom stereocenters. The van der Waals surface area contributed by atoms with Gasteiger partial charge in [0, 0.05) is 35.5 Å². The number of hydrogen-bond acceptors (Lipinski definition) is 6. The van der Waals surface area contributed by atoms with E-state index in [-0.39, 0.29) is 16.5 Å². The van der Waals surface area contributed by atoms with Gasteiger partial charge in [-0.05, 0) is 42.8 Å². The number of carbonyl (C=O) groups is 2. The van der Waals surface area contributed by atoms with Crippen LogP contribution in [0.4, 0.5) is 10.1 Å². The van der Waals surface area contributed by atoms with Crippen molar-refractivity contribution in [2.75, 3.05) is 5.32 Å². The number of aromatic nitrogens is 3. The van der Waals surface area contributed by atoms with Gasteiger partial charge in [0.25, 0.3) is 0 Å². The van der Waals surface area contributed by atoms with Gasteiger partial charge in [0.05, 0.1) is 27.7 Å². The minimum Gasteiger partial charge on any atom is -0.477 e. The molecule has 172 valence electrons. The molecule has 0 fully saturated rings. The van der Waals surface area contributed by atoms with Gasteiger partial charge in [-0.1, -0.05) is 11.6 Å². The van der Waals surface area contributed by atoms with E-state index in [2.05, 4.69) is 20.3 Å². The van der Waals surface area contributed by atoms with Gasteiger partial charge in [-0.25, -0.2) is 14.2 Å². The summed E-state index contributed by atoms with van der Waals surface area (Å²) in [6, 6.07) is 6.28. The summed E-state index contributed by atoms with van der Waals surface area (Å²) in [6.07, 6.45) is 3.40. The monoisotopic (exact) mass is 498 g/mol. The number of carbonyl (C=O) groups excluding carboxylic acids is 1. The fourth-order valence-electron chi connectivity index (χ4n) is 4.57. The molecule has 8 nitrogen and oxygen atoms in total. The molecule has 1 unspecified atom stereocenters. The average Bonchev–Trinajstić information content (AvgIpc) is 3.51. The van der Waals surface area contributed by atoms with Gasteiger partial charge in [-0.3, -0.25) is 4.79 Å². The maximum atomic E-state index is 13.7. The van der Waals surface area contributed by atoms with Gasteiger partial charge in [-0.15, -0.1) is 0 Å². The zero-order valence-electron chi connectivity index (χ0n) is 17.4. The maximum Gasteiger partial charge on any atom is 0.354 e. The van der Waals surface area contributed by atoms with Crippen LogP contribution >= 0.6 is 23.4 Å². The van der Waals surface area contributed by atoms with Crippen LogP contribution in [0.25, 0.3) is 11.0 Å². The van der Waals surface area contributed by atoms with Crippen molar-refractivity contribution in [1.82, 2.24) is 15.0 Å². The summed E-state index contributed by atoms with van der Waals surface area (Å²) in [5.74, 6) is -1.62. The third kappa shape index (κ3) is 3.33. The molecule has 0 amide bonds. The summed E-state index contributed by atoms with van der Waals surface area (Å²) in [4.78, 5) is 34.9. The molecule has 0 saturated carbocycles. The van der Waals surface area contributed by atoms with Crippen molar-refractivity contribution in [3.63, 3.8) is 0 Å². The number of halogens is 2. The van der Waals surface area contributed by atoms with Crippen molar-refractivity contribution >= 4 is 51.8 Å². The number of anilines is 1. The van der Waals surface area contributed by atoms with E-state index < -0.39 is 17.7 Å². The highest BCUT2D eigenvalue weighted by atomic mass is 35.5. The number of rotatable bonds is 4. The summed E-state index contributed by atoms with van der Waals surface area (Å²) < 4.78 is 19.9. The second-order valence-electron chi connectivity index (χ2n) is 8.11. The number of H-pyrrole nitrogens is 2. The molecule has 4 aromatic rings. The number of Topliss-reactive ketones (excluding diaryl/α,β-unsaturated/α-hetero) is 1. The van der Waals surface area contributed by atoms with E-state index >= 15 is 0 Å². The average molecular weight is 499 g/mol. The SMILES string of the molecule is O=C1CCCC2=C1C(c1ccc(Sc3nc4cc(F)c(Cl)cc4[nH]3)o1)c1c[nH]c(C(=O)O)c1N2. The van der Waals surface area contributed by atoms with Crippen LogP contribution in [0.3, 0.4) is 0 Å². The zero-order chi connectivity index (χ0) is 23.6. The highest BCUT2D eigenvalue weighted by Crippen LogP contribution is 2.47. The van der Waals surface area contributed by atoms with Crippen molar-refractivity contribution in [2.45, 2.75) is 35.4 Å². The molecule has 1 aliphatic heterocycles. The lowest BCUT2D eigenvalue weighted by atomic mass is 9.78. The van der Waals surface area contributed by atoms with E-state index in [1.54, 1.807) is 18.3 Å². The molecule has 1 aromatic carbocycles. The van der Waals surface area contributed by atoms with Crippen molar-refractivity contribution < 1.29 is 23.5 Å². The molecule has 0 saturated heterocycles. The van der Waals surface area contributed by atoms with E-state index in [9.17, 15) is 19.1 Å². The zero-order valence-corrected chi connectivity index (χ0v) is 18.9. The van der Waals surface area contributed by atoms with Crippen LogP contribution < -0.4 is 5.32 Å². The maximum absolute atomic E-state index is 13.7. The van der Waals surface area contributed by atoms with Crippen molar-refractivity contribution in [1.29, 1.82) is 0 Å². The number of carboxylic acids is 1. The summed E-state index contributed by atoms with van der Waals surface area (Å²) in [5.41, 5.74) is 3.51. The number of furan rings is 1. The van der Waals surface area contributed by atoms with Crippen LogP contribution in [0.2, 0.25) is 5.02 Å². The fourth-order valence-corrected chi connectivity index (χ4v) is 5.50. The Kier molecular flexibility index (Phi) is 4.82. The first-order chi connectivity index (χ1) is 16.4. The number of nitrogens with zero attached hydrogens (tertiary/aromatic N) is 1. The molecule has 4 N–H and O–H groups in total. The first kappa shape index (κ1) is 21.1. The lowest BCUT2D eigenvalue weighted by molar-refractivity contribution is -0.116. The Morgan fingerprint density at radius 3 is 2.97 bits per heavy atom. The van der Waals surface area contributed by atoms with Gasteiger partial charge in [-0.2, -0.15) is 0 Å². The Bertz CT molecular complexity index is 1500. The van der Waals surface area contributed by atoms with E-state index in [0.717, 1.165) is 5.70 Å². The van der Waals surface area contributed by atoms with Gasteiger partial charge >= 0.3 is 5.97 Å². The number of allylic oxidation sites excluding steroid dienone is 2. The summed E-state index contributed by atoms with van der Waals surface area (Å²) in [5, 5.41) is 13.8. The van der Waals surface area contributed by atoms with Crippen LogP contribution in [-0.2, 0) is 4.79 Å². The van der Waals surface area contributed by atoms with Crippen molar-refractivity contribution in [3.8, 4) is 0 Å². The molecule has 6 rings (SSSR count). The van der Waals surface area contributed by atoms with Gasteiger partial charge in [0.2, 0.25) is 0 Å². The summed E-state index contributed by atoms with van der Waals surface area (Å²) in [6.45, 7) is 0. The first-order valence-electron chi connectivity index (χ1n) is 10.5. The molecule has 34 heavy (non-hydrogen) atoms. The number of imidazole rings is 1. The Morgan fingerprint density at radius 1 is 1.29 bits per heavy atom. The predicted molar refractivity (Wildman–Crippen MR) is 123 cm³/mol. The van der Waals surface area contributed by atoms with Crippen molar-refractivity contribution in [2.24, 2.45) is 0 Å². The van der Waals surface area contributed by atoms with E-state index in [1.807, 2.05) is 0 Å². The van der Waals surface area contributed by atoms with E-state index in [4.69, 9.17) is 16.0 Å². The standard InChI is InChI=1S/C23H16ClFN4O4S/c24-10-6-13-14(7-11(10)25)29-23(28-13)34-17-5-4-16(33-17)18-9-8-26-21(22(31)32)20(9)27-12-2-1-3-15(30)19(12)18/h4-8,18,26-27H,1-3H2,(H,28,29)(H,31,32). The highest BCUT2D eigenvalue weighted by molar-refractivity contribution is 7.99. The number of aromatic amines is 2. The number of benzene rings is 1. The molecule has 3 aromatic heterocycles. The van der Waals surface area contributed by atoms with Crippen molar-refractivity contribution in [3.05, 3.63) is 69.6 Å². The fraction of sp³-hybridized carbons (Fsp3) is 0.174. The Morgan fingerprint density at radius 2 is 2.15 bits per heavy atom. The van der Waals surface area contributed by atoms with Gasteiger partial charge < -0.3 is 24.8 Å². The quantitative estimate of drug-likeness (QED) is 0.285. The van der Waals surface area contributed by atoms with E-state index in [1.165, 1.54) is 23.9 Å². The van der Waals surface area contributed by atoms with E-state index in [0.29, 0.717) is 63.1 Å². The number of carboxylic acid groups (broad SMARTS) is 1. The molecule has 11 heteroatoms.